The van der Waals surface area contributed by atoms with Crippen LogP contribution in [0.2, 0.25) is 0 Å². The second kappa shape index (κ2) is 10.4. The number of rotatable bonds is 6. The Kier molecular flexibility index (Phi) is 7.43. The third-order valence-electron chi connectivity index (χ3n) is 5.13. The summed E-state index contributed by atoms with van der Waals surface area (Å²) in [5.41, 5.74) is 3.14. The molecule has 7 nitrogen and oxygen atoms in total. The molecule has 0 spiro atoms. The summed E-state index contributed by atoms with van der Waals surface area (Å²) in [6.07, 6.45) is 4.43. The smallest absolute Gasteiger partial charge is 0.337 e. The monoisotopic (exact) mass is 409 g/mol. The average molecular weight is 409 g/mol. The number of carbonyl (C=O) groups is 3. The van der Waals surface area contributed by atoms with E-state index in [0.717, 1.165) is 18.7 Å². The number of esters is 1. The Morgan fingerprint density at radius 2 is 1.57 bits per heavy atom. The molecule has 0 aliphatic carbocycles. The fourth-order valence-corrected chi connectivity index (χ4v) is 3.42. The minimum Gasteiger partial charge on any atom is -0.465 e. The van der Waals surface area contributed by atoms with E-state index < -0.39 is 17.8 Å². The van der Waals surface area contributed by atoms with Crippen LogP contribution >= 0.6 is 0 Å². The Balaban J connectivity index is 1.42. The fraction of sp³-hybridized carbons (Fsp3) is 0.348. The molecule has 0 unspecified atom stereocenters. The Bertz CT molecular complexity index is 872. The molecule has 0 radical (unpaired) electrons. The van der Waals surface area contributed by atoms with Crippen molar-refractivity contribution < 1.29 is 19.1 Å². The summed E-state index contributed by atoms with van der Waals surface area (Å²) in [7, 11) is 1.30. The van der Waals surface area contributed by atoms with E-state index in [1.165, 1.54) is 44.2 Å². The first-order valence-electron chi connectivity index (χ1n) is 10.2. The Morgan fingerprint density at radius 3 is 2.20 bits per heavy atom. The minimum atomic E-state index is -0.749. The summed E-state index contributed by atoms with van der Waals surface area (Å²) in [6.45, 7) is 2.59. The number of carbonyl (C=O) groups excluding carboxylic acids is 3. The second-order valence-corrected chi connectivity index (χ2v) is 7.24. The lowest BCUT2D eigenvalue weighted by Gasteiger charge is -2.28. The molecule has 158 valence electrons. The topological polar surface area (TPSA) is 87.7 Å². The Hall–Kier alpha value is -3.35. The largest absolute Gasteiger partial charge is 0.465 e. The first-order chi connectivity index (χ1) is 14.6. The number of ether oxygens (including phenoxy) is 1. The number of nitrogens with one attached hydrogen (secondary N) is 2. The SMILES string of the molecule is COC(=O)c1ccc(NC(=O)C(=O)NCCc2ccc(N3CCCCC3)cc2)cc1. The molecule has 1 aliphatic heterocycles. The zero-order chi connectivity index (χ0) is 21.3. The highest BCUT2D eigenvalue weighted by molar-refractivity contribution is 6.39. The molecular weight excluding hydrogens is 382 g/mol. The van der Waals surface area contributed by atoms with Gasteiger partial charge in [0.25, 0.3) is 0 Å². The van der Waals surface area contributed by atoms with E-state index in [-0.39, 0.29) is 0 Å². The van der Waals surface area contributed by atoms with Gasteiger partial charge in [-0.2, -0.15) is 0 Å². The predicted octanol–water partition coefficient (Wildman–Crippen LogP) is 2.76. The van der Waals surface area contributed by atoms with E-state index in [4.69, 9.17) is 0 Å². The zero-order valence-electron chi connectivity index (χ0n) is 17.1. The molecule has 2 N–H and O–H groups in total. The third kappa shape index (κ3) is 5.83. The van der Waals surface area contributed by atoms with E-state index in [0.29, 0.717) is 24.2 Å². The van der Waals surface area contributed by atoms with Gasteiger partial charge in [-0.3, -0.25) is 9.59 Å². The Labute approximate surface area is 176 Å². The summed E-state index contributed by atoms with van der Waals surface area (Å²) in [4.78, 5) is 37.9. The number of benzene rings is 2. The molecule has 30 heavy (non-hydrogen) atoms. The van der Waals surface area contributed by atoms with Crippen molar-refractivity contribution in [3.05, 3.63) is 59.7 Å². The van der Waals surface area contributed by atoms with Crippen LogP contribution in [0, 0.1) is 0 Å². The van der Waals surface area contributed by atoms with Crippen LogP contribution < -0.4 is 15.5 Å². The van der Waals surface area contributed by atoms with Crippen LogP contribution in [0.3, 0.4) is 0 Å². The molecule has 0 atom stereocenters. The van der Waals surface area contributed by atoms with Gasteiger partial charge in [-0.15, -0.1) is 0 Å². The van der Waals surface area contributed by atoms with Crippen LogP contribution in [-0.2, 0) is 20.7 Å². The van der Waals surface area contributed by atoms with Gasteiger partial charge in [0, 0.05) is 31.0 Å². The quantitative estimate of drug-likeness (QED) is 0.566. The molecule has 0 bridgehead atoms. The van der Waals surface area contributed by atoms with Gasteiger partial charge < -0.3 is 20.3 Å². The lowest BCUT2D eigenvalue weighted by atomic mass is 10.1. The van der Waals surface area contributed by atoms with Crippen molar-refractivity contribution >= 4 is 29.2 Å². The van der Waals surface area contributed by atoms with Gasteiger partial charge in [0.2, 0.25) is 0 Å². The van der Waals surface area contributed by atoms with Gasteiger partial charge in [-0.05, 0) is 67.6 Å². The molecular formula is C23H27N3O4. The summed E-state index contributed by atoms with van der Waals surface area (Å²) in [5, 5.41) is 5.14. The van der Waals surface area contributed by atoms with Gasteiger partial charge in [0.1, 0.15) is 0 Å². The highest BCUT2D eigenvalue weighted by Crippen LogP contribution is 2.20. The lowest BCUT2D eigenvalue weighted by Crippen LogP contribution is -2.36. The van der Waals surface area contributed by atoms with Gasteiger partial charge in [0.05, 0.1) is 12.7 Å². The molecule has 2 aromatic rings. The first-order valence-corrected chi connectivity index (χ1v) is 10.2. The number of amides is 2. The summed E-state index contributed by atoms with van der Waals surface area (Å²) in [5.74, 6) is -1.91. The zero-order valence-corrected chi connectivity index (χ0v) is 17.1. The van der Waals surface area contributed by atoms with Gasteiger partial charge >= 0.3 is 17.8 Å². The highest BCUT2D eigenvalue weighted by Gasteiger charge is 2.14. The number of piperidine rings is 1. The maximum Gasteiger partial charge on any atom is 0.337 e. The second-order valence-electron chi connectivity index (χ2n) is 7.24. The molecule has 1 saturated heterocycles. The summed E-state index contributed by atoms with van der Waals surface area (Å²) >= 11 is 0. The van der Waals surface area contributed by atoms with Crippen LogP contribution in [-0.4, -0.2) is 44.5 Å². The van der Waals surface area contributed by atoms with Crippen molar-refractivity contribution in [3.63, 3.8) is 0 Å². The van der Waals surface area contributed by atoms with Crippen LogP contribution in [0.15, 0.2) is 48.5 Å². The van der Waals surface area contributed by atoms with Crippen LogP contribution in [0.5, 0.6) is 0 Å². The van der Waals surface area contributed by atoms with Gasteiger partial charge in [0.15, 0.2) is 0 Å². The molecule has 1 heterocycles. The van der Waals surface area contributed by atoms with E-state index in [1.807, 2.05) is 0 Å². The van der Waals surface area contributed by atoms with E-state index >= 15 is 0 Å². The molecule has 1 aliphatic rings. The van der Waals surface area contributed by atoms with Crippen LogP contribution in [0.25, 0.3) is 0 Å². The molecule has 1 fully saturated rings. The molecule has 7 heteroatoms. The molecule has 0 aromatic heterocycles. The number of anilines is 2. The van der Waals surface area contributed by atoms with E-state index in [1.54, 1.807) is 12.1 Å². The number of hydrogen-bond donors (Lipinski definition) is 2. The van der Waals surface area contributed by atoms with Crippen molar-refractivity contribution in [1.29, 1.82) is 0 Å². The minimum absolute atomic E-state index is 0.367. The predicted molar refractivity (Wildman–Crippen MR) is 116 cm³/mol. The van der Waals surface area contributed by atoms with Crippen molar-refractivity contribution in [3.8, 4) is 0 Å². The number of nitrogens with zero attached hydrogens (tertiary/aromatic N) is 1. The molecule has 3 rings (SSSR count). The van der Waals surface area contributed by atoms with Crippen molar-refractivity contribution in [2.45, 2.75) is 25.7 Å². The number of methoxy groups -OCH3 is 1. The molecule has 2 amide bonds. The van der Waals surface area contributed by atoms with Crippen LogP contribution in [0.1, 0.15) is 35.2 Å². The maximum absolute atomic E-state index is 12.0. The third-order valence-corrected chi connectivity index (χ3v) is 5.13. The maximum atomic E-state index is 12.0. The standard InChI is InChI=1S/C23H27N3O4/c1-30-23(29)18-7-9-19(10-8-18)25-22(28)21(27)24-14-13-17-5-11-20(12-6-17)26-15-3-2-4-16-26/h5-12H,2-4,13-16H2,1H3,(H,24,27)(H,25,28). The molecule has 2 aromatic carbocycles. The first kappa shape index (κ1) is 21.4. The molecule has 0 saturated carbocycles. The van der Waals surface area contributed by atoms with Gasteiger partial charge in [-0.1, -0.05) is 12.1 Å². The van der Waals surface area contributed by atoms with Crippen molar-refractivity contribution in [1.82, 2.24) is 5.32 Å². The van der Waals surface area contributed by atoms with Crippen LogP contribution in [0.4, 0.5) is 11.4 Å². The van der Waals surface area contributed by atoms with E-state index in [9.17, 15) is 14.4 Å². The summed E-state index contributed by atoms with van der Waals surface area (Å²) in [6, 6.07) is 14.5. The fourth-order valence-electron chi connectivity index (χ4n) is 3.42. The van der Waals surface area contributed by atoms with Crippen molar-refractivity contribution in [2.24, 2.45) is 0 Å². The normalized spacial score (nSPS) is 13.4. The van der Waals surface area contributed by atoms with E-state index in [2.05, 4.69) is 44.5 Å². The lowest BCUT2D eigenvalue weighted by molar-refractivity contribution is -0.136. The summed E-state index contributed by atoms with van der Waals surface area (Å²) < 4.78 is 4.62. The van der Waals surface area contributed by atoms with Crippen molar-refractivity contribution in [2.75, 3.05) is 37.0 Å². The van der Waals surface area contributed by atoms with Gasteiger partial charge in [-0.25, -0.2) is 4.79 Å². The number of hydrogen-bond acceptors (Lipinski definition) is 5. The Morgan fingerprint density at radius 1 is 0.900 bits per heavy atom. The average Bonchev–Trinajstić information content (AvgIpc) is 2.80. The highest BCUT2D eigenvalue weighted by atomic mass is 16.5.